The monoisotopic (exact) mass is 516 g/mol. The molecule has 2 heterocycles. The molecule has 1 unspecified atom stereocenters. The molecule has 35 heavy (non-hydrogen) atoms. The number of oxime groups is 2. The van der Waals surface area contributed by atoms with Crippen molar-refractivity contribution >= 4 is 44.7 Å². The van der Waals surface area contributed by atoms with Gasteiger partial charge in [0.25, 0.3) is 17.2 Å². The molecule has 0 bridgehead atoms. The summed E-state index contributed by atoms with van der Waals surface area (Å²) in [6.45, 7) is 7.79. The van der Waals surface area contributed by atoms with E-state index >= 15 is 0 Å². The summed E-state index contributed by atoms with van der Waals surface area (Å²) < 4.78 is 21.3. The Morgan fingerprint density at radius 2 is 1.60 bits per heavy atom. The van der Waals surface area contributed by atoms with E-state index in [1.807, 2.05) is 62.7 Å². The number of amides is 1. The van der Waals surface area contributed by atoms with Gasteiger partial charge in [-0.05, 0) is 33.8 Å². The number of carbonyl (C=O) groups is 1. The number of benzene rings is 2. The molecule has 0 aliphatic carbocycles. The lowest BCUT2D eigenvalue weighted by atomic mass is 9.94. The van der Waals surface area contributed by atoms with Crippen LogP contribution in [0.2, 0.25) is 0 Å². The fourth-order valence-electron chi connectivity index (χ4n) is 3.28. The van der Waals surface area contributed by atoms with Crippen LogP contribution in [0.15, 0.2) is 64.9 Å². The molecule has 0 aromatic heterocycles. The summed E-state index contributed by atoms with van der Waals surface area (Å²) in [6.07, 6.45) is 1.34. The van der Waals surface area contributed by atoms with E-state index in [0.717, 1.165) is 17.0 Å². The third kappa shape index (κ3) is 7.74. The van der Waals surface area contributed by atoms with Gasteiger partial charge < -0.3 is 9.68 Å². The summed E-state index contributed by atoms with van der Waals surface area (Å²) in [5.41, 5.74) is 1.85. The van der Waals surface area contributed by atoms with Gasteiger partial charge in [-0.2, -0.15) is 0 Å². The molecule has 9 nitrogen and oxygen atoms in total. The first-order chi connectivity index (χ1) is 16.5. The van der Waals surface area contributed by atoms with Crippen LogP contribution in [0.3, 0.4) is 0 Å². The molecule has 1 amide bonds. The zero-order valence-electron chi connectivity index (χ0n) is 19.9. The van der Waals surface area contributed by atoms with Gasteiger partial charge in [0.2, 0.25) is 0 Å². The van der Waals surface area contributed by atoms with Gasteiger partial charge in [-0.1, -0.05) is 70.6 Å². The van der Waals surface area contributed by atoms with Crippen LogP contribution < -0.4 is 4.72 Å². The molecule has 0 radical (unpaired) electrons. The number of thioether (sulfide) groups is 1. The molecule has 4 rings (SSSR count). The Balaban J connectivity index is 0.000000198. The number of nitrogens with one attached hydrogen (secondary N) is 2. The Morgan fingerprint density at radius 3 is 2.17 bits per heavy atom. The van der Waals surface area contributed by atoms with Crippen LogP contribution in [0.1, 0.15) is 62.0 Å². The fourth-order valence-corrected chi connectivity index (χ4v) is 4.53. The van der Waals surface area contributed by atoms with Gasteiger partial charge in [-0.3, -0.25) is 14.8 Å². The zero-order valence-corrected chi connectivity index (χ0v) is 21.5. The topological polar surface area (TPSA) is 133 Å². The van der Waals surface area contributed by atoms with Gasteiger partial charge in [0.05, 0.1) is 5.71 Å². The molecule has 3 N–H and O–H groups in total. The second-order valence-electron chi connectivity index (χ2n) is 9.10. The summed E-state index contributed by atoms with van der Waals surface area (Å²) in [5, 5.41) is 17.3. The van der Waals surface area contributed by atoms with Crippen LogP contribution in [-0.2, 0) is 20.9 Å². The second-order valence-corrected chi connectivity index (χ2v) is 10.9. The fraction of sp³-hybridized carbons (Fsp3) is 0.333. The first kappa shape index (κ1) is 26.6. The maximum absolute atomic E-state index is 11.8. The molecular formula is C24H28N4O5S2. The number of hydrogen-bond acceptors (Lipinski definition) is 8. The largest absolute Gasteiger partial charge is 0.389 e. The van der Waals surface area contributed by atoms with Crippen LogP contribution in [-0.4, -0.2) is 41.7 Å². The average Bonchev–Trinajstić information content (AvgIpc) is 3.34. The Morgan fingerprint density at radius 1 is 1.00 bits per heavy atom. The van der Waals surface area contributed by atoms with Gasteiger partial charge in [-0.15, -0.1) is 0 Å². The van der Waals surface area contributed by atoms with E-state index in [4.69, 9.17) is 19.6 Å². The van der Waals surface area contributed by atoms with E-state index in [1.165, 1.54) is 11.8 Å². The average molecular weight is 517 g/mol. The van der Waals surface area contributed by atoms with E-state index in [1.54, 1.807) is 24.3 Å². The Hall–Kier alpha value is -3.02. The highest BCUT2D eigenvalue weighted by Crippen LogP contribution is 2.29. The molecular weight excluding hydrogens is 488 g/mol. The predicted octanol–water partition coefficient (Wildman–Crippen LogP) is 4.71. The highest BCUT2D eigenvalue weighted by Gasteiger charge is 2.31. The molecule has 2 aliphatic heterocycles. The van der Waals surface area contributed by atoms with Crippen LogP contribution >= 0.6 is 11.8 Å². The smallest absolute Gasteiger partial charge is 0.265 e. The van der Waals surface area contributed by atoms with Gasteiger partial charge in [0.15, 0.2) is 0 Å². The maximum Gasteiger partial charge on any atom is 0.265 e. The van der Waals surface area contributed by atoms with E-state index in [9.17, 15) is 9.00 Å². The molecule has 0 fully saturated rings. The Bertz CT molecular complexity index is 1180. The van der Waals surface area contributed by atoms with Crippen LogP contribution in [0.4, 0.5) is 0 Å². The molecule has 2 aromatic rings. The summed E-state index contributed by atoms with van der Waals surface area (Å²) in [4.78, 5) is 22.4. The summed E-state index contributed by atoms with van der Waals surface area (Å²) in [6, 6.07) is 16.4. The highest BCUT2D eigenvalue weighted by molar-refractivity contribution is 8.26. The lowest BCUT2D eigenvalue weighted by molar-refractivity contribution is 0.0120. The maximum atomic E-state index is 11.8. The lowest BCUT2D eigenvalue weighted by Gasteiger charge is -2.13. The molecule has 0 saturated carbocycles. The van der Waals surface area contributed by atoms with Crippen molar-refractivity contribution in [2.24, 2.45) is 10.3 Å². The van der Waals surface area contributed by atoms with Crippen molar-refractivity contribution in [3.8, 4) is 0 Å². The van der Waals surface area contributed by atoms with Gasteiger partial charge in [0.1, 0.15) is 21.3 Å². The van der Waals surface area contributed by atoms with Gasteiger partial charge in [-0.25, -0.2) is 8.93 Å². The third-order valence-electron chi connectivity index (χ3n) is 4.89. The first-order valence-electron chi connectivity index (χ1n) is 10.8. The summed E-state index contributed by atoms with van der Waals surface area (Å²) >= 11 is -1.02. The molecule has 0 spiro atoms. The first-order valence-corrected chi connectivity index (χ1v) is 12.7. The van der Waals surface area contributed by atoms with Crippen LogP contribution in [0, 0.1) is 5.41 Å². The van der Waals surface area contributed by atoms with E-state index < -0.39 is 22.8 Å². The standard InChI is InChI=1S/C12H14N2O4S.C12H14N2OS/c1-12(2)7-10(13-18-12)8-5-3-4-6-9(8)11(15)14-19(16)17;1-12(2)8-10(14-15-12)16-11(13)9-6-4-3-5-7-9/h3-6H,7H2,1-2H3,(H,14,15)(H,16,17);3-7,13H,8H2,1-2H3. The SMILES string of the molecule is CC1(C)CC(SC(=N)c2ccccc2)=NO1.CC1(C)CC(c2ccccc2C(=O)NS(=O)O)=NO1. The minimum Gasteiger partial charge on any atom is -0.389 e. The number of rotatable bonds is 4. The molecule has 11 heteroatoms. The van der Waals surface area contributed by atoms with E-state index in [0.29, 0.717) is 28.3 Å². The zero-order chi connectivity index (χ0) is 25.6. The molecule has 1 atom stereocenters. The quantitative estimate of drug-likeness (QED) is 0.306. The number of nitrogens with zero attached hydrogens (tertiary/aromatic N) is 2. The van der Waals surface area contributed by atoms with Crippen molar-refractivity contribution in [2.45, 2.75) is 51.7 Å². The number of hydrogen-bond donors (Lipinski definition) is 3. The van der Waals surface area contributed by atoms with Crippen LogP contribution in [0.25, 0.3) is 0 Å². The normalized spacial score (nSPS) is 18.1. The van der Waals surface area contributed by atoms with Crippen molar-refractivity contribution in [1.29, 1.82) is 5.41 Å². The molecule has 186 valence electrons. The van der Waals surface area contributed by atoms with E-state index in [-0.39, 0.29) is 5.60 Å². The number of carbonyl (C=O) groups excluding carboxylic acids is 1. The van der Waals surface area contributed by atoms with Crippen molar-refractivity contribution in [2.75, 3.05) is 0 Å². The predicted molar refractivity (Wildman–Crippen MR) is 139 cm³/mol. The van der Waals surface area contributed by atoms with Crippen molar-refractivity contribution in [3.63, 3.8) is 0 Å². The van der Waals surface area contributed by atoms with Crippen LogP contribution in [0.5, 0.6) is 0 Å². The van der Waals surface area contributed by atoms with Crippen molar-refractivity contribution in [3.05, 3.63) is 71.3 Å². The minimum absolute atomic E-state index is 0.223. The highest BCUT2D eigenvalue weighted by atomic mass is 32.2. The van der Waals surface area contributed by atoms with Gasteiger partial charge in [0, 0.05) is 29.5 Å². The minimum atomic E-state index is -2.39. The summed E-state index contributed by atoms with van der Waals surface area (Å²) in [7, 11) is 0. The second kappa shape index (κ2) is 11.1. The van der Waals surface area contributed by atoms with Crippen molar-refractivity contribution in [1.82, 2.24) is 4.72 Å². The Labute approximate surface area is 211 Å². The summed E-state index contributed by atoms with van der Waals surface area (Å²) in [5.74, 6) is -0.621. The van der Waals surface area contributed by atoms with E-state index in [2.05, 4.69) is 10.3 Å². The molecule has 0 saturated heterocycles. The molecule has 2 aliphatic rings. The van der Waals surface area contributed by atoms with Gasteiger partial charge >= 0.3 is 0 Å². The lowest BCUT2D eigenvalue weighted by Crippen LogP contribution is -2.27. The van der Waals surface area contributed by atoms with Crippen molar-refractivity contribution < 1.29 is 23.2 Å². The Kier molecular flexibility index (Phi) is 8.47. The third-order valence-corrected chi connectivity index (χ3v) is 6.14. The molecule has 2 aromatic carbocycles.